The van der Waals surface area contributed by atoms with Crippen molar-refractivity contribution in [2.45, 2.75) is 40.5 Å². The summed E-state index contributed by atoms with van der Waals surface area (Å²) in [5.41, 5.74) is 5.42. The van der Waals surface area contributed by atoms with Crippen LogP contribution in [0.3, 0.4) is 0 Å². The maximum absolute atomic E-state index is 3.19. The van der Waals surface area contributed by atoms with E-state index in [1.165, 1.54) is 22.3 Å². The standard InChI is InChI=1S/2C7H9.2ClH.Ti/c2*1-6-4-3-5-7(6)2;;;/h2*4H,3H2,1-2H3;2*1H;/q2*-1;;;+2. The summed E-state index contributed by atoms with van der Waals surface area (Å²) in [7, 11) is 0. The summed E-state index contributed by atoms with van der Waals surface area (Å²) in [4.78, 5) is 0. The van der Waals surface area contributed by atoms with Gasteiger partial charge in [-0.3, -0.25) is 12.2 Å². The molecular formula is C14H20Cl2Ti. The van der Waals surface area contributed by atoms with Gasteiger partial charge in [-0.1, -0.05) is 13.8 Å². The van der Waals surface area contributed by atoms with Crippen LogP contribution in [0.15, 0.2) is 34.4 Å². The predicted octanol–water partition coefficient (Wildman–Crippen LogP) is 5.01. The van der Waals surface area contributed by atoms with Crippen LogP contribution in [-0.4, -0.2) is 0 Å². The quantitative estimate of drug-likeness (QED) is 0.436. The summed E-state index contributed by atoms with van der Waals surface area (Å²) in [6.07, 6.45) is 12.8. The molecule has 0 aromatic rings. The molecule has 0 aromatic heterocycles. The van der Waals surface area contributed by atoms with Gasteiger partial charge in [0.05, 0.1) is 0 Å². The van der Waals surface area contributed by atoms with Crippen LogP contribution < -0.4 is 0 Å². The van der Waals surface area contributed by atoms with Crippen LogP contribution in [0, 0.1) is 12.2 Å². The van der Waals surface area contributed by atoms with Crippen LogP contribution in [0.5, 0.6) is 0 Å². The van der Waals surface area contributed by atoms with Crippen LogP contribution in [0.25, 0.3) is 0 Å². The molecule has 0 atom stereocenters. The van der Waals surface area contributed by atoms with Gasteiger partial charge < -0.3 is 0 Å². The number of allylic oxidation sites excluding steroid dienone is 8. The summed E-state index contributed by atoms with van der Waals surface area (Å²) in [6, 6.07) is 0. The zero-order chi connectivity index (χ0) is 10.6. The number of hydrogen-bond acceptors (Lipinski definition) is 0. The largest absolute Gasteiger partial charge is 2.00 e. The molecule has 94 valence electrons. The van der Waals surface area contributed by atoms with Gasteiger partial charge >= 0.3 is 21.7 Å². The molecule has 2 aliphatic rings. The third kappa shape index (κ3) is 8.05. The molecule has 0 saturated carbocycles. The van der Waals surface area contributed by atoms with E-state index in [2.05, 4.69) is 52.0 Å². The first-order chi connectivity index (χ1) is 6.61. The fourth-order valence-corrected chi connectivity index (χ4v) is 1.30. The van der Waals surface area contributed by atoms with Gasteiger partial charge in [0.15, 0.2) is 0 Å². The summed E-state index contributed by atoms with van der Waals surface area (Å²) < 4.78 is 0. The zero-order valence-electron chi connectivity index (χ0n) is 10.9. The first-order valence-electron chi connectivity index (χ1n) is 5.10. The summed E-state index contributed by atoms with van der Waals surface area (Å²) in [6.45, 7) is 8.43. The Bertz CT molecular complexity index is 270. The molecule has 0 N–H and O–H groups in total. The fourth-order valence-electron chi connectivity index (χ4n) is 1.30. The zero-order valence-corrected chi connectivity index (χ0v) is 14.1. The van der Waals surface area contributed by atoms with E-state index in [1.807, 2.05) is 0 Å². The fraction of sp³-hybridized carbons (Fsp3) is 0.429. The van der Waals surface area contributed by atoms with Crippen LogP contribution in [-0.2, 0) is 21.7 Å². The molecule has 2 rings (SSSR count). The minimum absolute atomic E-state index is 0. The van der Waals surface area contributed by atoms with Crippen LogP contribution >= 0.6 is 24.8 Å². The third-order valence-electron chi connectivity index (χ3n) is 2.73. The minimum Gasteiger partial charge on any atom is -0.270 e. The van der Waals surface area contributed by atoms with Crippen molar-refractivity contribution in [1.82, 2.24) is 0 Å². The SMILES string of the molecule is CC1=[C-]CC=C1C.CC1=[C-]CC=C1C.Cl.Cl.[Ti+2]. The van der Waals surface area contributed by atoms with Gasteiger partial charge in [-0.05, 0) is 0 Å². The van der Waals surface area contributed by atoms with E-state index >= 15 is 0 Å². The van der Waals surface area contributed by atoms with Crippen molar-refractivity contribution >= 4 is 24.8 Å². The van der Waals surface area contributed by atoms with Crippen LogP contribution in [0.2, 0.25) is 0 Å². The Morgan fingerprint density at radius 3 is 1.12 bits per heavy atom. The third-order valence-corrected chi connectivity index (χ3v) is 2.73. The molecule has 0 radical (unpaired) electrons. The molecule has 0 fully saturated rings. The molecule has 0 saturated heterocycles. The predicted molar refractivity (Wildman–Crippen MR) is 76.1 cm³/mol. The van der Waals surface area contributed by atoms with Crippen LogP contribution in [0.1, 0.15) is 40.5 Å². The van der Waals surface area contributed by atoms with E-state index in [1.54, 1.807) is 0 Å². The van der Waals surface area contributed by atoms with Crippen molar-refractivity contribution in [3.05, 3.63) is 46.6 Å². The topological polar surface area (TPSA) is 0 Å². The van der Waals surface area contributed by atoms with E-state index in [0.717, 1.165) is 12.8 Å². The van der Waals surface area contributed by atoms with Crippen molar-refractivity contribution in [2.24, 2.45) is 0 Å². The number of hydrogen-bond donors (Lipinski definition) is 0. The van der Waals surface area contributed by atoms with Crippen molar-refractivity contribution < 1.29 is 21.7 Å². The van der Waals surface area contributed by atoms with Gasteiger partial charge in [-0.15, -0.1) is 51.5 Å². The Morgan fingerprint density at radius 1 is 0.765 bits per heavy atom. The molecule has 0 amide bonds. The molecule has 0 aliphatic heterocycles. The maximum atomic E-state index is 3.19. The summed E-state index contributed by atoms with van der Waals surface area (Å²) in [5.74, 6) is 0. The molecule has 0 nitrogen and oxygen atoms in total. The molecule has 0 aromatic carbocycles. The number of halogens is 2. The monoisotopic (exact) mass is 306 g/mol. The Labute approximate surface area is 133 Å². The maximum Gasteiger partial charge on any atom is 2.00 e. The van der Waals surface area contributed by atoms with E-state index in [9.17, 15) is 0 Å². The molecule has 0 unspecified atom stereocenters. The summed E-state index contributed by atoms with van der Waals surface area (Å²) >= 11 is 0. The second-order valence-electron chi connectivity index (χ2n) is 3.79. The number of rotatable bonds is 0. The second kappa shape index (κ2) is 11.4. The molecule has 0 spiro atoms. The molecule has 0 bridgehead atoms. The van der Waals surface area contributed by atoms with Gasteiger partial charge in [-0.25, -0.2) is 22.3 Å². The van der Waals surface area contributed by atoms with Crippen molar-refractivity contribution in [3.8, 4) is 0 Å². The van der Waals surface area contributed by atoms with Gasteiger partial charge in [-0.2, -0.15) is 12.2 Å². The van der Waals surface area contributed by atoms with Crippen molar-refractivity contribution in [2.75, 3.05) is 0 Å². The van der Waals surface area contributed by atoms with Crippen molar-refractivity contribution in [1.29, 1.82) is 0 Å². The van der Waals surface area contributed by atoms with Gasteiger partial charge in [0.2, 0.25) is 0 Å². The minimum atomic E-state index is 0. The average Bonchev–Trinajstić information content (AvgIpc) is 2.67. The molecule has 3 heteroatoms. The first-order valence-corrected chi connectivity index (χ1v) is 5.10. The van der Waals surface area contributed by atoms with E-state index in [0.29, 0.717) is 0 Å². The van der Waals surface area contributed by atoms with E-state index in [4.69, 9.17) is 0 Å². The average molecular weight is 307 g/mol. The molecule has 0 heterocycles. The Morgan fingerprint density at radius 2 is 1.06 bits per heavy atom. The molecule has 2 aliphatic carbocycles. The normalized spacial score (nSPS) is 15.8. The molecular weight excluding hydrogens is 287 g/mol. The van der Waals surface area contributed by atoms with Crippen LogP contribution in [0.4, 0.5) is 0 Å². The summed E-state index contributed by atoms with van der Waals surface area (Å²) in [5, 5.41) is 0. The van der Waals surface area contributed by atoms with Crippen molar-refractivity contribution in [3.63, 3.8) is 0 Å². The van der Waals surface area contributed by atoms with Gasteiger partial charge in [0.1, 0.15) is 0 Å². The van der Waals surface area contributed by atoms with Gasteiger partial charge in [0, 0.05) is 0 Å². The second-order valence-corrected chi connectivity index (χ2v) is 3.79. The van der Waals surface area contributed by atoms with Gasteiger partial charge in [0.25, 0.3) is 0 Å². The van der Waals surface area contributed by atoms with E-state index in [-0.39, 0.29) is 46.5 Å². The van der Waals surface area contributed by atoms with E-state index < -0.39 is 0 Å². The Balaban J connectivity index is -0.000000196. The molecule has 17 heavy (non-hydrogen) atoms. The smallest absolute Gasteiger partial charge is 0.270 e. The Hall–Kier alpha value is 0.254. The first kappa shape index (κ1) is 22.4. The Kier molecular flexibility index (Phi) is 15.0.